The second-order valence-corrected chi connectivity index (χ2v) is 22.2. The highest BCUT2D eigenvalue weighted by molar-refractivity contribution is 7.65. The van der Waals surface area contributed by atoms with E-state index in [0.717, 1.165) is 51.4 Å². The summed E-state index contributed by atoms with van der Waals surface area (Å²) in [5.74, 6) is -99.2. The third-order valence-corrected chi connectivity index (χ3v) is 12.8. The topological polar surface area (TPSA) is 0 Å². The van der Waals surface area contributed by atoms with E-state index in [4.69, 9.17) is 33.2 Å². The molecule has 0 saturated heterocycles. The van der Waals surface area contributed by atoms with Gasteiger partial charge in [0.15, 0.2) is 0 Å². The van der Waals surface area contributed by atoms with Gasteiger partial charge in [-0.25, -0.2) is 0 Å². The van der Waals surface area contributed by atoms with Crippen LogP contribution in [0.5, 0.6) is 0 Å². The molecular formula is C29H34Cl3F25Si. The van der Waals surface area contributed by atoms with Gasteiger partial charge in [-0.2, -0.15) is 110 Å². The molecule has 0 N–H and O–H groups in total. The summed E-state index contributed by atoms with van der Waals surface area (Å²) in [6.45, 7) is 2.04. The maximum absolute atomic E-state index is 15.0. The standard InChI is InChI=1S/C29H34Cl3F25Si/c1-2-3-4-5-6-7-8-9-10-11-12-13-14-15-16-17(58(30,31)32)18(33,34)19(35,36)20(37,38)21(39,40)22(41,42)23(43,44)24(45,46)25(47,48)26(49,50)27(51,52)28(53,54)29(55,56)57/h17H,2-16H2,1H3. The van der Waals surface area contributed by atoms with E-state index in [1.807, 2.05) is 6.92 Å². The highest BCUT2D eigenvalue weighted by Gasteiger charge is 2.99. The van der Waals surface area contributed by atoms with Crippen LogP contribution in [0.4, 0.5) is 110 Å². The van der Waals surface area contributed by atoms with Crippen molar-refractivity contribution < 1.29 is 110 Å². The Bertz CT molecular complexity index is 1280. The Kier molecular flexibility index (Phi) is 18.8. The lowest BCUT2D eigenvalue weighted by Crippen LogP contribution is -2.78. The Morgan fingerprint density at radius 1 is 0.310 bits per heavy atom. The number of halogens is 28. The molecule has 0 nitrogen and oxygen atoms in total. The minimum Gasteiger partial charge on any atom is -0.200 e. The van der Waals surface area contributed by atoms with Crippen molar-refractivity contribution in [1.82, 2.24) is 0 Å². The van der Waals surface area contributed by atoms with Crippen LogP contribution in [0.15, 0.2) is 0 Å². The molecule has 0 spiro atoms. The van der Waals surface area contributed by atoms with E-state index >= 15 is 8.78 Å². The second-order valence-electron chi connectivity index (χ2n) is 13.3. The largest absolute Gasteiger partial charge is 0.460 e. The van der Waals surface area contributed by atoms with Gasteiger partial charge in [0.2, 0.25) is 0 Å². The first-order chi connectivity index (χ1) is 25.4. The molecule has 350 valence electrons. The molecule has 0 aromatic rings. The Balaban J connectivity index is 6.46. The van der Waals surface area contributed by atoms with Crippen LogP contribution in [0.1, 0.15) is 103 Å². The number of hydrogen-bond donors (Lipinski definition) is 0. The minimum absolute atomic E-state index is 0.0837. The molecule has 0 bridgehead atoms. The van der Waals surface area contributed by atoms with E-state index in [1.165, 1.54) is 0 Å². The van der Waals surface area contributed by atoms with Gasteiger partial charge in [-0.1, -0.05) is 96.8 Å². The van der Waals surface area contributed by atoms with Crippen molar-refractivity contribution in [3.05, 3.63) is 0 Å². The smallest absolute Gasteiger partial charge is 0.200 e. The van der Waals surface area contributed by atoms with Gasteiger partial charge in [0.1, 0.15) is 0 Å². The van der Waals surface area contributed by atoms with Crippen molar-refractivity contribution in [3.8, 4) is 0 Å². The Morgan fingerprint density at radius 2 is 0.517 bits per heavy atom. The van der Waals surface area contributed by atoms with Crippen LogP contribution in [-0.2, 0) is 0 Å². The maximum Gasteiger partial charge on any atom is 0.460 e. The van der Waals surface area contributed by atoms with Gasteiger partial charge in [-0.05, 0) is 6.42 Å². The number of rotatable bonds is 27. The molecule has 0 fully saturated rings. The summed E-state index contributed by atoms with van der Waals surface area (Å²) in [7, 11) is 0. The minimum atomic E-state index is -9.64. The first-order valence-corrected chi connectivity index (χ1v) is 21.8. The Morgan fingerprint density at radius 3 is 0.741 bits per heavy atom. The summed E-state index contributed by atoms with van der Waals surface area (Å²) >= 11 is 15.7. The molecule has 0 saturated carbocycles. The lowest BCUT2D eigenvalue weighted by molar-refractivity contribution is -0.482. The van der Waals surface area contributed by atoms with E-state index < -0.39 is 95.7 Å². The molecule has 0 aromatic heterocycles. The molecule has 0 heterocycles. The monoisotopic (exact) mass is 990 g/mol. The molecule has 0 aliphatic rings. The maximum atomic E-state index is 15.0. The predicted octanol–water partition coefficient (Wildman–Crippen LogP) is 16.4. The molecule has 58 heavy (non-hydrogen) atoms. The first kappa shape index (κ1) is 57.3. The van der Waals surface area contributed by atoms with Crippen LogP contribution in [0.25, 0.3) is 0 Å². The van der Waals surface area contributed by atoms with E-state index in [-0.39, 0.29) is 12.8 Å². The van der Waals surface area contributed by atoms with Crippen molar-refractivity contribution in [2.24, 2.45) is 0 Å². The zero-order valence-electron chi connectivity index (χ0n) is 29.3. The number of alkyl halides is 25. The van der Waals surface area contributed by atoms with Crippen molar-refractivity contribution in [2.75, 3.05) is 0 Å². The van der Waals surface area contributed by atoms with Gasteiger partial charge in [0.25, 0.3) is 0 Å². The zero-order valence-corrected chi connectivity index (χ0v) is 32.5. The summed E-state index contributed by atoms with van der Waals surface area (Å²) in [4.78, 5) is 0. The summed E-state index contributed by atoms with van der Waals surface area (Å²) in [6.07, 6.45) is -1.47. The average molecular weight is 992 g/mol. The lowest BCUT2D eigenvalue weighted by atomic mass is 9.84. The fourth-order valence-corrected chi connectivity index (χ4v) is 8.62. The van der Waals surface area contributed by atoms with Gasteiger partial charge < -0.3 is 0 Å². The molecule has 0 aromatic carbocycles. The summed E-state index contributed by atoms with van der Waals surface area (Å²) in [5.41, 5.74) is -3.87. The van der Waals surface area contributed by atoms with E-state index in [9.17, 15) is 101 Å². The van der Waals surface area contributed by atoms with Crippen LogP contribution in [0.3, 0.4) is 0 Å². The van der Waals surface area contributed by atoms with Crippen molar-refractivity contribution >= 4 is 39.2 Å². The van der Waals surface area contributed by atoms with Crippen molar-refractivity contribution in [1.29, 1.82) is 0 Å². The highest BCUT2D eigenvalue weighted by atomic mass is 35.8. The summed E-state index contributed by atoms with van der Waals surface area (Å²) in [6, 6.07) is -5.72. The molecule has 0 aliphatic heterocycles. The van der Waals surface area contributed by atoms with Crippen LogP contribution in [-0.4, -0.2) is 77.3 Å². The van der Waals surface area contributed by atoms with Gasteiger partial charge in [-0.15, -0.1) is 33.2 Å². The lowest BCUT2D eigenvalue weighted by Gasteiger charge is -2.46. The predicted molar refractivity (Wildman–Crippen MR) is 162 cm³/mol. The van der Waals surface area contributed by atoms with E-state index in [0.29, 0.717) is 19.3 Å². The fourth-order valence-electron chi connectivity index (χ4n) is 5.28. The molecule has 0 aliphatic carbocycles. The van der Waals surface area contributed by atoms with Crippen LogP contribution in [0, 0.1) is 0 Å². The van der Waals surface area contributed by atoms with Gasteiger partial charge in [-0.3, -0.25) is 0 Å². The van der Waals surface area contributed by atoms with Gasteiger partial charge >= 0.3 is 77.3 Å². The summed E-state index contributed by atoms with van der Waals surface area (Å²) < 4.78 is 346. The molecule has 1 unspecified atom stereocenters. The summed E-state index contributed by atoms with van der Waals surface area (Å²) in [5, 5.41) is 0. The highest BCUT2D eigenvalue weighted by Crippen LogP contribution is 2.69. The molecular weight excluding hydrogens is 958 g/mol. The zero-order chi connectivity index (χ0) is 46.7. The van der Waals surface area contributed by atoms with Crippen LogP contribution in [0.2, 0.25) is 5.54 Å². The van der Waals surface area contributed by atoms with E-state index in [2.05, 4.69) is 0 Å². The SMILES string of the molecule is CCCCCCCCCCCCCCCCC(C(F)(F)C(F)(F)C(F)(F)C(F)(F)C(F)(F)C(F)(F)C(F)(F)C(F)(F)C(F)(F)C(F)(F)C(F)(F)C(F)(F)F)[Si](Cl)(Cl)Cl. The van der Waals surface area contributed by atoms with Crippen molar-refractivity contribution in [2.45, 2.75) is 180 Å². The quantitative estimate of drug-likeness (QED) is 0.0333. The Hall–Kier alpha value is -0.663. The van der Waals surface area contributed by atoms with Crippen LogP contribution < -0.4 is 0 Å². The van der Waals surface area contributed by atoms with Crippen molar-refractivity contribution in [3.63, 3.8) is 0 Å². The molecule has 1 atom stereocenters. The van der Waals surface area contributed by atoms with Crippen LogP contribution >= 0.6 is 33.2 Å². The van der Waals surface area contributed by atoms with Gasteiger partial charge in [0.05, 0.1) is 5.54 Å². The number of hydrogen-bond acceptors (Lipinski definition) is 0. The molecule has 0 amide bonds. The van der Waals surface area contributed by atoms with Gasteiger partial charge in [0, 0.05) is 0 Å². The molecule has 29 heteroatoms. The van der Waals surface area contributed by atoms with E-state index in [1.54, 1.807) is 0 Å². The Labute approximate surface area is 329 Å². The first-order valence-electron chi connectivity index (χ1n) is 16.7. The molecule has 0 radical (unpaired) electrons. The second kappa shape index (κ2) is 19.0. The molecule has 0 rings (SSSR count). The third kappa shape index (κ3) is 10.2. The normalized spacial score (nSPS) is 16.3. The average Bonchev–Trinajstić information content (AvgIpc) is 3.04. The third-order valence-electron chi connectivity index (χ3n) is 9.00. The fraction of sp³-hybridized carbons (Fsp3) is 1.00. The number of unbranched alkanes of at least 4 members (excludes halogenated alkanes) is 13.